The van der Waals surface area contributed by atoms with Crippen LogP contribution >= 0.6 is 0 Å². The van der Waals surface area contributed by atoms with Crippen LogP contribution in [-0.4, -0.2) is 31.8 Å². The van der Waals surface area contributed by atoms with Crippen LogP contribution in [0.25, 0.3) is 0 Å². The quantitative estimate of drug-likeness (QED) is 0.574. The Kier molecular flexibility index (Phi) is 6.43. The molecule has 0 spiro atoms. The van der Waals surface area contributed by atoms with Crippen LogP contribution in [0.4, 0.5) is 0 Å². The molecule has 0 atom stereocenters. The monoisotopic (exact) mass is 255 g/mol. The van der Waals surface area contributed by atoms with Gasteiger partial charge in [-0.2, -0.15) is 0 Å². The van der Waals surface area contributed by atoms with Gasteiger partial charge in [0.2, 0.25) is 6.79 Å². The van der Waals surface area contributed by atoms with E-state index in [4.69, 9.17) is 9.47 Å². The number of esters is 2. The third kappa shape index (κ3) is 4.49. The van der Waals surface area contributed by atoms with Crippen molar-refractivity contribution in [2.24, 2.45) is 5.92 Å². The standard InChI is InChI=1S/C13H21NO4/c1-3-10(4-2)12(15)17-9-18-13(16)11-5-7-14-8-6-11/h5,10,14H,3-4,6-9H2,1-2H3. The molecular weight excluding hydrogens is 234 g/mol. The largest absolute Gasteiger partial charge is 0.428 e. The molecule has 0 saturated carbocycles. The molecule has 0 aromatic carbocycles. The summed E-state index contributed by atoms with van der Waals surface area (Å²) in [6.07, 6.45) is 3.92. The second kappa shape index (κ2) is 7.87. The minimum Gasteiger partial charge on any atom is -0.428 e. The van der Waals surface area contributed by atoms with Crippen molar-refractivity contribution in [3.8, 4) is 0 Å². The Morgan fingerprint density at radius 1 is 1.33 bits per heavy atom. The third-order valence-corrected chi connectivity index (χ3v) is 3.04. The fraction of sp³-hybridized carbons (Fsp3) is 0.692. The van der Waals surface area contributed by atoms with Crippen LogP contribution in [0.5, 0.6) is 0 Å². The second-order valence-electron chi connectivity index (χ2n) is 4.21. The summed E-state index contributed by atoms with van der Waals surface area (Å²) in [6, 6.07) is 0. The molecule has 0 aromatic heterocycles. The van der Waals surface area contributed by atoms with Gasteiger partial charge in [0, 0.05) is 12.1 Å². The molecule has 102 valence electrons. The summed E-state index contributed by atoms with van der Waals surface area (Å²) in [4.78, 5) is 23.1. The van der Waals surface area contributed by atoms with Crippen LogP contribution in [0.1, 0.15) is 33.1 Å². The lowest BCUT2D eigenvalue weighted by Crippen LogP contribution is -2.25. The normalized spacial score (nSPS) is 15.2. The van der Waals surface area contributed by atoms with E-state index in [1.165, 1.54) is 0 Å². The van der Waals surface area contributed by atoms with Gasteiger partial charge in [0.25, 0.3) is 0 Å². The summed E-state index contributed by atoms with van der Waals surface area (Å²) in [5, 5.41) is 3.10. The topological polar surface area (TPSA) is 64.6 Å². The summed E-state index contributed by atoms with van der Waals surface area (Å²) in [6.45, 7) is 5.02. The summed E-state index contributed by atoms with van der Waals surface area (Å²) in [7, 11) is 0. The molecule has 0 radical (unpaired) electrons. The van der Waals surface area contributed by atoms with Crippen molar-refractivity contribution < 1.29 is 19.1 Å². The van der Waals surface area contributed by atoms with Crippen molar-refractivity contribution in [2.75, 3.05) is 19.9 Å². The van der Waals surface area contributed by atoms with Gasteiger partial charge >= 0.3 is 11.9 Å². The molecule has 1 heterocycles. The highest BCUT2D eigenvalue weighted by atomic mass is 16.7. The lowest BCUT2D eigenvalue weighted by atomic mass is 10.0. The van der Waals surface area contributed by atoms with Crippen molar-refractivity contribution in [3.63, 3.8) is 0 Å². The van der Waals surface area contributed by atoms with Crippen molar-refractivity contribution in [3.05, 3.63) is 11.6 Å². The lowest BCUT2D eigenvalue weighted by Gasteiger charge is -2.14. The summed E-state index contributed by atoms with van der Waals surface area (Å²) in [5.74, 6) is -0.803. The number of nitrogens with one attached hydrogen (secondary N) is 1. The average molecular weight is 255 g/mol. The van der Waals surface area contributed by atoms with Gasteiger partial charge in [-0.1, -0.05) is 19.9 Å². The second-order valence-corrected chi connectivity index (χ2v) is 4.21. The van der Waals surface area contributed by atoms with Crippen LogP contribution < -0.4 is 5.32 Å². The van der Waals surface area contributed by atoms with E-state index in [-0.39, 0.29) is 18.7 Å². The van der Waals surface area contributed by atoms with Gasteiger partial charge in [-0.3, -0.25) is 4.79 Å². The third-order valence-electron chi connectivity index (χ3n) is 3.04. The number of hydrogen-bond donors (Lipinski definition) is 1. The minimum absolute atomic E-state index is 0.109. The van der Waals surface area contributed by atoms with Crippen LogP contribution in [0.15, 0.2) is 11.6 Å². The number of carbonyl (C=O) groups is 2. The van der Waals surface area contributed by atoms with Crippen molar-refractivity contribution in [1.82, 2.24) is 5.32 Å². The van der Waals surface area contributed by atoms with E-state index < -0.39 is 5.97 Å². The average Bonchev–Trinajstić information content (AvgIpc) is 2.41. The van der Waals surface area contributed by atoms with E-state index in [2.05, 4.69) is 5.32 Å². The molecule has 1 aliphatic rings. The summed E-state index contributed by atoms with van der Waals surface area (Å²) in [5.41, 5.74) is 0.646. The SMILES string of the molecule is CCC(CC)C(=O)OCOC(=O)C1=CCNCC1. The Hall–Kier alpha value is -1.36. The van der Waals surface area contributed by atoms with Crippen molar-refractivity contribution >= 4 is 11.9 Å². The zero-order valence-corrected chi connectivity index (χ0v) is 11.0. The minimum atomic E-state index is -0.395. The first kappa shape index (κ1) is 14.7. The molecule has 5 nitrogen and oxygen atoms in total. The smallest absolute Gasteiger partial charge is 0.336 e. The maximum Gasteiger partial charge on any atom is 0.336 e. The summed E-state index contributed by atoms with van der Waals surface area (Å²) >= 11 is 0. The molecule has 0 bridgehead atoms. The highest BCUT2D eigenvalue weighted by Gasteiger charge is 2.17. The van der Waals surface area contributed by atoms with Crippen molar-refractivity contribution in [2.45, 2.75) is 33.1 Å². The van der Waals surface area contributed by atoms with Gasteiger partial charge < -0.3 is 14.8 Å². The van der Waals surface area contributed by atoms with Gasteiger partial charge in [0.15, 0.2) is 0 Å². The number of ether oxygens (including phenoxy) is 2. The van der Waals surface area contributed by atoms with Crippen LogP contribution in [0.2, 0.25) is 0 Å². The zero-order chi connectivity index (χ0) is 13.4. The van der Waals surface area contributed by atoms with Crippen molar-refractivity contribution in [1.29, 1.82) is 0 Å². The van der Waals surface area contributed by atoms with Gasteiger partial charge in [-0.05, 0) is 25.8 Å². The predicted molar refractivity (Wildman–Crippen MR) is 66.7 cm³/mol. The number of hydrogen-bond acceptors (Lipinski definition) is 5. The fourth-order valence-corrected chi connectivity index (χ4v) is 1.78. The van der Waals surface area contributed by atoms with E-state index in [9.17, 15) is 9.59 Å². The number of carbonyl (C=O) groups excluding carboxylic acids is 2. The Bertz CT molecular complexity index is 321. The molecule has 0 fully saturated rings. The highest BCUT2D eigenvalue weighted by Crippen LogP contribution is 2.10. The van der Waals surface area contributed by atoms with Gasteiger partial charge in [0.05, 0.1) is 5.92 Å². The molecule has 0 aliphatic carbocycles. The molecule has 0 saturated heterocycles. The molecule has 0 unspecified atom stereocenters. The van der Waals surface area contributed by atoms with Crippen LogP contribution in [0, 0.1) is 5.92 Å². The van der Waals surface area contributed by atoms with E-state index in [1.807, 2.05) is 13.8 Å². The first-order valence-electron chi connectivity index (χ1n) is 6.42. The number of rotatable bonds is 6. The molecule has 0 aromatic rings. The maximum absolute atomic E-state index is 11.6. The molecule has 1 aliphatic heterocycles. The fourth-order valence-electron chi connectivity index (χ4n) is 1.78. The first-order chi connectivity index (χ1) is 8.69. The van der Waals surface area contributed by atoms with E-state index in [1.54, 1.807) is 6.08 Å². The molecule has 5 heteroatoms. The van der Waals surface area contributed by atoms with Gasteiger partial charge in [-0.15, -0.1) is 0 Å². The van der Waals surface area contributed by atoms with Gasteiger partial charge in [-0.25, -0.2) is 4.79 Å². The highest BCUT2D eigenvalue weighted by molar-refractivity contribution is 5.88. The first-order valence-corrected chi connectivity index (χ1v) is 6.42. The van der Waals surface area contributed by atoms with E-state index in [0.29, 0.717) is 18.5 Å². The Morgan fingerprint density at radius 2 is 2.06 bits per heavy atom. The molecule has 18 heavy (non-hydrogen) atoms. The Balaban J connectivity index is 2.26. The zero-order valence-electron chi connectivity index (χ0n) is 11.0. The van der Waals surface area contributed by atoms with Crippen LogP contribution in [-0.2, 0) is 19.1 Å². The molecule has 1 N–H and O–H groups in total. The lowest BCUT2D eigenvalue weighted by molar-refractivity contribution is -0.168. The van der Waals surface area contributed by atoms with E-state index >= 15 is 0 Å². The molecular formula is C13H21NO4. The molecule has 0 amide bonds. The van der Waals surface area contributed by atoms with E-state index in [0.717, 1.165) is 19.4 Å². The predicted octanol–water partition coefficient (Wildman–Crippen LogP) is 1.39. The van der Waals surface area contributed by atoms with Crippen LogP contribution in [0.3, 0.4) is 0 Å². The summed E-state index contributed by atoms with van der Waals surface area (Å²) < 4.78 is 9.84. The maximum atomic E-state index is 11.6. The van der Waals surface area contributed by atoms with Gasteiger partial charge in [0.1, 0.15) is 0 Å². The Morgan fingerprint density at radius 3 is 2.61 bits per heavy atom. The molecule has 1 rings (SSSR count). The Labute approximate surface area is 108 Å².